The van der Waals surface area contributed by atoms with Gasteiger partial charge in [0.2, 0.25) is 0 Å². The molecule has 0 amide bonds. The predicted octanol–water partition coefficient (Wildman–Crippen LogP) is 5.22. The van der Waals surface area contributed by atoms with Crippen molar-refractivity contribution in [3.63, 3.8) is 0 Å². The molecule has 0 spiro atoms. The second kappa shape index (κ2) is 13.4. The Morgan fingerprint density at radius 2 is 1.11 bits per heavy atom. The Labute approximate surface area is 213 Å². The van der Waals surface area contributed by atoms with E-state index in [1.165, 1.54) is 21.5 Å². The van der Waals surface area contributed by atoms with Gasteiger partial charge in [0.05, 0.1) is 39.2 Å². The van der Waals surface area contributed by atoms with E-state index in [2.05, 4.69) is 97.1 Å². The summed E-state index contributed by atoms with van der Waals surface area (Å²) >= 11 is 0. The van der Waals surface area contributed by atoms with Crippen molar-refractivity contribution in [2.45, 2.75) is 12.3 Å². The van der Waals surface area contributed by atoms with Crippen LogP contribution in [-0.4, -0.2) is 38.1 Å². The van der Waals surface area contributed by atoms with Crippen LogP contribution < -0.4 is 15.9 Å². The van der Waals surface area contributed by atoms with Crippen molar-refractivity contribution in [2.24, 2.45) is 0 Å². The van der Waals surface area contributed by atoms with E-state index in [0.29, 0.717) is 18.8 Å². The molecule has 0 fully saturated rings. The number of hydrogen-bond donors (Lipinski definition) is 1. The maximum Gasteiger partial charge on any atom is 0.148 e. The van der Waals surface area contributed by atoms with Crippen LogP contribution in [0.25, 0.3) is 0 Å². The molecule has 4 aromatic rings. The van der Waals surface area contributed by atoms with E-state index >= 15 is 0 Å². The van der Waals surface area contributed by atoms with Crippen molar-refractivity contribution in [3.05, 3.63) is 126 Å². The third-order valence-corrected chi connectivity index (χ3v) is 10.6. The Balaban J connectivity index is 1.66. The van der Waals surface area contributed by atoms with Gasteiger partial charge in [0.15, 0.2) is 0 Å². The monoisotopic (exact) mass is 503 g/mol. The third-order valence-electron chi connectivity index (χ3n) is 6.22. The van der Waals surface area contributed by atoms with Gasteiger partial charge in [-0.15, -0.1) is 0 Å². The largest absolute Gasteiger partial charge is 0.394 e. The number of alkyl halides is 1. The van der Waals surface area contributed by atoms with Gasteiger partial charge in [0, 0.05) is 0 Å². The maximum atomic E-state index is 14.9. The highest BCUT2D eigenvalue weighted by molar-refractivity contribution is 7.95. The Morgan fingerprint density at radius 1 is 0.611 bits per heavy atom. The smallest absolute Gasteiger partial charge is 0.148 e. The Bertz CT molecular complexity index is 1120. The van der Waals surface area contributed by atoms with Crippen molar-refractivity contribution in [1.82, 2.24) is 0 Å². The zero-order valence-corrected chi connectivity index (χ0v) is 21.3. The first-order valence-corrected chi connectivity index (χ1v) is 14.3. The standard InChI is InChI=1S/C31H33FO3P/c32-31(24-35-23-22-34-21-20-33)27-16-18-30(19-17-27)36(28-12-6-2-7-13-28,29-14-8-3-9-15-29)25-26-10-4-1-5-11-26/h1-19,31,33H,20-25H2/q+1. The number of rotatable bonds is 13. The van der Waals surface area contributed by atoms with E-state index in [-0.39, 0.29) is 19.8 Å². The second-order valence-corrected chi connectivity index (χ2v) is 12.1. The molecule has 1 unspecified atom stereocenters. The molecular formula is C31H33FO3P+. The van der Waals surface area contributed by atoms with E-state index in [0.717, 1.165) is 6.16 Å². The van der Waals surface area contributed by atoms with E-state index < -0.39 is 13.4 Å². The lowest BCUT2D eigenvalue weighted by Crippen LogP contribution is -2.32. The molecule has 1 N–H and O–H groups in total. The summed E-state index contributed by atoms with van der Waals surface area (Å²) in [6.07, 6.45) is -0.329. The van der Waals surface area contributed by atoms with Crippen LogP contribution in [0.5, 0.6) is 0 Å². The second-order valence-electron chi connectivity index (χ2n) is 8.59. The van der Waals surface area contributed by atoms with Crippen LogP contribution in [0.15, 0.2) is 115 Å². The first-order chi connectivity index (χ1) is 17.7. The highest BCUT2D eigenvalue weighted by atomic mass is 31.2. The molecule has 4 rings (SSSR count). The Hall–Kier alpha value is -2.88. The van der Waals surface area contributed by atoms with Gasteiger partial charge in [0.1, 0.15) is 29.3 Å². The summed E-state index contributed by atoms with van der Waals surface area (Å²) in [5, 5.41) is 12.6. The van der Waals surface area contributed by atoms with Crippen LogP contribution in [0.1, 0.15) is 17.3 Å². The van der Waals surface area contributed by atoms with Crippen LogP contribution in [0.3, 0.4) is 0 Å². The van der Waals surface area contributed by atoms with Gasteiger partial charge < -0.3 is 14.6 Å². The summed E-state index contributed by atoms with van der Waals surface area (Å²) < 4.78 is 25.5. The van der Waals surface area contributed by atoms with Gasteiger partial charge in [-0.1, -0.05) is 78.9 Å². The molecule has 0 aliphatic carbocycles. The predicted molar refractivity (Wildman–Crippen MR) is 148 cm³/mol. The van der Waals surface area contributed by atoms with Gasteiger partial charge >= 0.3 is 0 Å². The highest BCUT2D eigenvalue weighted by Crippen LogP contribution is 2.58. The fraction of sp³-hybridized carbons (Fsp3) is 0.226. The van der Waals surface area contributed by atoms with Crippen molar-refractivity contribution >= 4 is 23.2 Å². The summed E-state index contributed by atoms with van der Waals surface area (Å²) in [7, 11) is -2.05. The fourth-order valence-electron chi connectivity index (χ4n) is 4.45. The van der Waals surface area contributed by atoms with E-state index in [1.54, 1.807) is 0 Å². The molecule has 0 saturated carbocycles. The number of benzene rings is 4. The van der Waals surface area contributed by atoms with Crippen LogP contribution >= 0.6 is 7.26 Å². The molecule has 0 bridgehead atoms. The molecule has 0 heterocycles. The number of ether oxygens (including phenoxy) is 2. The van der Waals surface area contributed by atoms with Gasteiger partial charge in [-0.2, -0.15) is 0 Å². The molecule has 0 aliphatic rings. The summed E-state index contributed by atoms with van der Waals surface area (Å²) in [4.78, 5) is 0. The number of halogens is 1. The normalized spacial score (nSPS) is 12.4. The minimum atomic E-state index is -2.05. The van der Waals surface area contributed by atoms with Gasteiger partial charge in [0.25, 0.3) is 0 Å². The summed E-state index contributed by atoms with van der Waals surface area (Å²) in [6, 6.07) is 40.0. The zero-order valence-electron chi connectivity index (χ0n) is 20.4. The van der Waals surface area contributed by atoms with Crippen molar-refractivity contribution in [3.8, 4) is 0 Å². The molecule has 0 radical (unpaired) electrons. The molecule has 0 aliphatic heterocycles. The van der Waals surface area contributed by atoms with E-state index in [4.69, 9.17) is 14.6 Å². The van der Waals surface area contributed by atoms with Crippen molar-refractivity contribution < 1.29 is 19.0 Å². The van der Waals surface area contributed by atoms with Gasteiger partial charge in [-0.3, -0.25) is 0 Å². The van der Waals surface area contributed by atoms with Crippen molar-refractivity contribution in [1.29, 1.82) is 0 Å². The molecule has 5 heteroatoms. The number of aliphatic hydroxyl groups is 1. The SMILES string of the molecule is OCCOCCOCC(F)c1ccc([P+](Cc2ccccc2)(c2ccccc2)c2ccccc2)cc1. The maximum absolute atomic E-state index is 14.9. The molecule has 0 aromatic heterocycles. The van der Waals surface area contributed by atoms with Gasteiger partial charge in [-0.25, -0.2) is 4.39 Å². The average molecular weight is 504 g/mol. The lowest BCUT2D eigenvalue weighted by molar-refractivity contribution is 0.0162. The third kappa shape index (κ3) is 6.46. The van der Waals surface area contributed by atoms with Crippen LogP contribution in [-0.2, 0) is 15.6 Å². The summed E-state index contributed by atoms with van der Waals surface area (Å²) in [5.41, 5.74) is 1.89. The summed E-state index contributed by atoms with van der Waals surface area (Å²) in [5.74, 6) is 0. The van der Waals surface area contributed by atoms with Gasteiger partial charge in [-0.05, 0) is 47.5 Å². The van der Waals surface area contributed by atoms with Crippen LogP contribution in [0.4, 0.5) is 4.39 Å². The molecule has 3 nitrogen and oxygen atoms in total. The quantitative estimate of drug-likeness (QED) is 0.201. The molecule has 4 aromatic carbocycles. The molecule has 36 heavy (non-hydrogen) atoms. The molecule has 186 valence electrons. The van der Waals surface area contributed by atoms with E-state index in [1.807, 2.05) is 18.2 Å². The molecular weight excluding hydrogens is 470 g/mol. The Morgan fingerprint density at radius 3 is 1.67 bits per heavy atom. The minimum Gasteiger partial charge on any atom is -0.394 e. The highest BCUT2D eigenvalue weighted by Gasteiger charge is 2.45. The fourth-order valence-corrected chi connectivity index (χ4v) is 8.67. The summed E-state index contributed by atoms with van der Waals surface area (Å²) in [6.45, 7) is 0.849. The number of aliphatic hydroxyl groups excluding tert-OH is 1. The lowest BCUT2D eigenvalue weighted by atomic mass is 10.1. The van der Waals surface area contributed by atoms with Crippen LogP contribution in [0.2, 0.25) is 0 Å². The molecule has 1 atom stereocenters. The molecule has 0 saturated heterocycles. The first kappa shape index (κ1) is 26.2. The average Bonchev–Trinajstić information content (AvgIpc) is 2.95. The lowest BCUT2D eigenvalue weighted by Gasteiger charge is -2.28. The first-order valence-electron chi connectivity index (χ1n) is 12.3. The zero-order chi connectivity index (χ0) is 25.1. The Kier molecular flexibility index (Phi) is 9.77. The van der Waals surface area contributed by atoms with E-state index in [9.17, 15) is 4.39 Å². The van der Waals surface area contributed by atoms with Crippen molar-refractivity contribution in [2.75, 3.05) is 33.0 Å². The minimum absolute atomic E-state index is 0.0243. The number of hydrogen-bond acceptors (Lipinski definition) is 3. The van der Waals surface area contributed by atoms with Crippen LogP contribution in [0, 0.1) is 0 Å². The topological polar surface area (TPSA) is 38.7 Å².